The van der Waals surface area contributed by atoms with E-state index in [1.54, 1.807) is 17.0 Å². The Hall–Kier alpha value is -3.06. The van der Waals surface area contributed by atoms with Crippen molar-refractivity contribution in [2.45, 2.75) is 12.0 Å². The maximum Gasteiger partial charge on any atom is 0.270 e. The molecule has 0 saturated carbocycles. The lowest BCUT2D eigenvalue weighted by atomic mass is 9.94. The van der Waals surface area contributed by atoms with Gasteiger partial charge in [0, 0.05) is 36.7 Å². The summed E-state index contributed by atoms with van der Waals surface area (Å²) in [5.41, 5.74) is 7.88. The van der Waals surface area contributed by atoms with Crippen LogP contribution in [0.2, 0.25) is 0 Å². The molecule has 2 aromatic rings. The van der Waals surface area contributed by atoms with Gasteiger partial charge < -0.3 is 15.5 Å². The van der Waals surface area contributed by atoms with E-state index in [0.29, 0.717) is 18.7 Å². The van der Waals surface area contributed by atoms with Crippen molar-refractivity contribution in [2.24, 2.45) is 5.73 Å². The molecule has 1 aliphatic heterocycles. The first-order chi connectivity index (χ1) is 13.8. The molecule has 1 heterocycles. The number of allylic oxidation sites excluding steroid dienone is 1. The summed E-state index contributed by atoms with van der Waals surface area (Å²) in [6.07, 6.45) is 1.41. The van der Waals surface area contributed by atoms with Crippen molar-refractivity contribution in [2.75, 3.05) is 27.2 Å². The van der Waals surface area contributed by atoms with Crippen LogP contribution in [0.25, 0.3) is 0 Å². The van der Waals surface area contributed by atoms with Crippen LogP contribution < -0.4 is 11.1 Å². The van der Waals surface area contributed by atoms with Crippen LogP contribution in [0, 0.1) is 11.6 Å². The van der Waals surface area contributed by atoms with Gasteiger partial charge in [-0.3, -0.25) is 10.2 Å². The van der Waals surface area contributed by atoms with Gasteiger partial charge in [0.05, 0.1) is 0 Å². The molecule has 1 fully saturated rings. The lowest BCUT2D eigenvalue weighted by Gasteiger charge is -2.25. The molecule has 2 atom stereocenters. The van der Waals surface area contributed by atoms with Crippen molar-refractivity contribution >= 4 is 11.6 Å². The van der Waals surface area contributed by atoms with Crippen LogP contribution in [0.4, 0.5) is 8.78 Å². The second kappa shape index (κ2) is 8.53. The molecule has 5 nitrogen and oxygen atoms in total. The molecular formula is C22H25F2N4O+. The summed E-state index contributed by atoms with van der Waals surface area (Å²) in [6.45, 7) is 0.969. The fourth-order valence-corrected chi connectivity index (χ4v) is 3.65. The average Bonchev–Trinajstić information content (AvgIpc) is 3.14. The Morgan fingerprint density at radius 1 is 1.07 bits per heavy atom. The van der Waals surface area contributed by atoms with E-state index in [9.17, 15) is 13.6 Å². The highest BCUT2D eigenvalue weighted by Crippen LogP contribution is 2.31. The van der Waals surface area contributed by atoms with E-state index in [4.69, 9.17) is 11.1 Å². The highest BCUT2D eigenvalue weighted by molar-refractivity contribution is 6.09. The number of carbonyl (C=O) groups is 1. The van der Waals surface area contributed by atoms with E-state index in [1.807, 2.05) is 14.1 Å². The number of rotatable bonds is 5. The van der Waals surface area contributed by atoms with Crippen LogP contribution in [-0.4, -0.2) is 54.6 Å². The number of halogens is 2. The number of hydrogen-bond acceptors (Lipinski definition) is 3. The second-order valence-electron chi connectivity index (χ2n) is 7.46. The van der Waals surface area contributed by atoms with E-state index in [0.717, 1.165) is 5.56 Å². The summed E-state index contributed by atoms with van der Waals surface area (Å²) in [7, 11) is 3.91. The van der Waals surface area contributed by atoms with Gasteiger partial charge in [0.1, 0.15) is 17.3 Å². The summed E-state index contributed by atoms with van der Waals surface area (Å²) in [5, 5.41) is 6.01. The topological polar surface area (TPSA) is 75.2 Å². The summed E-state index contributed by atoms with van der Waals surface area (Å²) >= 11 is 0. The van der Waals surface area contributed by atoms with Gasteiger partial charge >= 0.3 is 0 Å². The maximum absolute atomic E-state index is 13.3. The van der Waals surface area contributed by atoms with Gasteiger partial charge in [-0.1, -0.05) is 12.1 Å². The Morgan fingerprint density at radius 3 is 2.17 bits per heavy atom. The third kappa shape index (κ3) is 4.68. The van der Waals surface area contributed by atoms with E-state index < -0.39 is 0 Å². The smallest absolute Gasteiger partial charge is 0.270 e. The van der Waals surface area contributed by atoms with Crippen LogP contribution in [0.5, 0.6) is 0 Å². The fourth-order valence-electron chi connectivity index (χ4n) is 3.65. The Bertz CT molecular complexity index is 923. The Balaban J connectivity index is 1.76. The van der Waals surface area contributed by atoms with E-state index in [1.165, 1.54) is 42.5 Å². The van der Waals surface area contributed by atoms with Crippen molar-refractivity contribution < 1.29 is 19.0 Å². The first-order valence-corrected chi connectivity index (χ1v) is 9.33. The second-order valence-corrected chi connectivity index (χ2v) is 7.46. The van der Waals surface area contributed by atoms with Gasteiger partial charge in [-0.2, -0.15) is 0 Å². The quantitative estimate of drug-likeness (QED) is 0.580. The van der Waals surface area contributed by atoms with Crippen molar-refractivity contribution in [3.8, 4) is 0 Å². The van der Waals surface area contributed by atoms with Gasteiger partial charge in [-0.25, -0.2) is 8.78 Å². The number of hydrogen-bond donors (Lipinski definition) is 2. The molecule has 1 amide bonds. The lowest BCUT2D eigenvalue weighted by molar-refractivity contribution is -0.126. The van der Waals surface area contributed by atoms with Crippen molar-refractivity contribution in [3.63, 3.8) is 0 Å². The molecule has 4 N–H and O–H groups in total. The summed E-state index contributed by atoms with van der Waals surface area (Å²) in [5.74, 6) is -0.930. The first-order valence-electron chi connectivity index (χ1n) is 9.33. The van der Waals surface area contributed by atoms with Gasteiger partial charge in [0.2, 0.25) is 5.71 Å². The molecule has 0 aliphatic carbocycles. The van der Waals surface area contributed by atoms with Gasteiger partial charge in [0.25, 0.3) is 5.91 Å². The molecule has 3 rings (SSSR count). The number of carbonyl (C=O) groups excluding carboxylic acids is 1. The van der Waals surface area contributed by atoms with Crippen molar-refractivity contribution in [1.29, 1.82) is 0 Å². The molecule has 7 heteroatoms. The van der Waals surface area contributed by atoms with Crippen LogP contribution >= 0.6 is 0 Å². The number of benzene rings is 2. The van der Waals surface area contributed by atoms with Gasteiger partial charge in [0.15, 0.2) is 0 Å². The maximum atomic E-state index is 13.3. The van der Waals surface area contributed by atoms with Crippen molar-refractivity contribution in [1.82, 2.24) is 9.80 Å². The van der Waals surface area contributed by atoms with Crippen LogP contribution in [-0.2, 0) is 4.79 Å². The lowest BCUT2D eigenvalue weighted by Crippen LogP contribution is -2.41. The number of likely N-dealkylation sites (N-methyl/N-ethyl adjacent to an activating group) is 1. The number of likely N-dealkylation sites (tertiary alicyclic amines) is 1. The normalized spacial score (nSPS) is 19.6. The molecule has 2 aromatic carbocycles. The predicted molar refractivity (Wildman–Crippen MR) is 108 cm³/mol. The SMILES string of the molecule is CN(C)[C@H]1CN(C(=O)/C(N)=C/C(=[NH2+])c2ccc(F)cc2)C[C@@H]1c1ccc(F)cc1. The zero-order valence-electron chi connectivity index (χ0n) is 16.5. The molecule has 1 saturated heterocycles. The fraction of sp³-hybridized carbons (Fsp3) is 0.273. The summed E-state index contributed by atoms with van der Waals surface area (Å²) in [6, 6.07) is 12.1. The minimum atomic E-state index is -0.367. The van der Waals surface area contributed by atoms with Gasteiger partial charge in [-0.05, 0) is 56.1 Å². The number of nitrogens with two attached hydrogens (primary N) is 2. The predicted octanol–water partition coefficient (Wildman–Crippen LogP) is 0.912. The molecule has 1 aliphatic rings. The highest BCUT2D eigenvalue weighted by Gasteiger charge is 2.38. The van der Waals surface area contributed by atoms with E-state index >= 15 is 0 Å². The molecule has 0 radical (unpaired) electrons. The van der Waals surface area contributed by atoms with Crippen molar-refractivity contribution in [3.05, 3.63) is 83.1 Å². The highest BCUT2D eigenvalue weighted by atomic mass is 19.1. The van der Waals surface area contributed by atoms with Gasteiger partial charge in [-0.15, -0.1) is 0 Å². The zero-order chi connectivity index (χ0) is 21.1. The Morgan fingerprint density at radius 2 is 1.62 bits per heavy atom. The molecule has 0 unspecified atom stereocenters. The number of nitrogens with zero attached hydrogens (tertiary/aromatic N) is 2. The largest absolute Gasteiger partial charge is 0.394 e. The molecule has 0 aromatic heterocycles. The molecule has 0 spiro atoms. The minimum Gasteiger partial charge on any atom is -0.394 e. The first kappa shape index (κ1) is 20.7. The van der Waals surface area contributed by atoms with Crippen LogP contribution in [0.1, 0.15) is 17.0 Å². The molecular weight excluding hydrogens is 374 g/mol. The average molecular weight is 399 g/mol. The Kier molecular flexibility index (Phi) is 6.08. The van der Waals surface area contributed by atoms with E-state index in [-0.39, 0.29) is 40.9 Å². The standard InChI is InChI=1S/C22H24F2N4O/c1-27(2)21-13-28(12-18(21)14-3-7-16(23)8-4-14)22(29)20(26)11-19(25)15-5-9-17(24)10-6-15/h3-11,18,21,25H,12-13,26H2,1-2H3/p+1/b20-11-,25-19?/t18-,21+/m1/s1. The van der Waals surface area contributed by atoms with Crippen LogP contribution in [0.15, 0.2) is 60.3 Å². The van der Waals surface area contributed by atoms with E-state index in [2.05, 4.69) is 4.90 Å². The summed E-state index contributed by atoms with van der Waals surface area (Å²) in [4.78, 5) is 16.6. The number of amides is 1. The Labute approximate surface area is 168 Å². The monoisotopic (exact) mass is 399 g/mol. The molecule has 29 heavy (non-hydrogen) atoms. The summed E-state index contributed by atoms with van der Waals surface area (Å²) < 4.78 is 26.4. The third-order valence-corrected chi connectivity index (χ3v) is 5.27. The zero-order valence-corrected chi connectivity index (χ0v) is 16.5. The van der Waals surface area contributed by atoms with Crippen LogP contribution in [0.3, 0.4) is 0 Å². The minimum absolute atomic E-state index is 0.0177. The molecule has 0 bridgehead atoms. The third-order valence-electron chi connectivity index (χ3n) is 5.27. The molecule has 152 valence electrons.